The van der Waals surface area contributed by atoms with Gasteiger partial charge >= 0.3 is 0 Å². The number of benzene rings is 1. The van der Waals surface area contributed by atoms with Crippen molar-refractivity contribution in [3.05, 3.63) is 40.3 Å². The smallest absolute Gasteiger partial charge is 0.262 e. The second kappa shape index (κ2) is 4.83. The van der Waals surface area contributed by atoms with Gasteiger partial charge in [0.05, 0.1) is 0 Å². The van der Waals surface area contributed by atoms with Crippen molar-refractivity contribution in [1.82, 2.24) is 0 Å². The molecule has 0 aliphatic carbocycles. The van der Waals surface area contributed by atoms with Gasteiger partial charge in [-0.3, -0.25) is 0 Å². The average molecular weight is 314 g/mol. The molecule has 0 radical (unpaired) electrons. The van der Waals surface area contributed by atoms with E-state index in [0.717, 1.165) is 32.1 Å². The number of anilines is 1. The number of fused-ring (bicyclic) bond motifs is 1. The van der Waals surface area contributed by atoms with E-state index in [1.807, 2.05) is 32.9 Å². The van der Waals surface area contributed by atoms with Crippen LogP contribution in [0.4, 0.5) is 5.69 Å². The number of hydrogen-bond acceptors (Lipinski definition) is 4. The van der Waals surface area contributed by atoms with Gasteiger partial charge in [0, 0.05) is 16.1 Å². The first-order valence-electron chi connectivity index (χ1n) is 6.56. The molecule has 1 aliphatic rings. The Balaban J connectivity index is 2.13. The maximum absolute atomic E-state index is 9.04. The lowest BCUT2D eigenvalue weighted by Crippen LogP contribution is -2.34. The van der Waals surface area contributed by atoms with Gasteiger partial charge in [-0.2, -0.15) is 5.26 Å². The van der Waals surface area contributed by atoms with Crippen molar-refractivity contribution in [2.24, 2.45) is 0 Å². The van der Waals surface area contributed by atoms with Gasteiger partial charge in [-0.15, -0.1) is 11.3 Å². The van der Waals surface area contributed by atoms with E-state index in [1.54, 1.807) is 0 Å². The predicted molar refractivity (Wildman–Crippen MR) is 89.5 cm³/mol. The zero-order valence-corrected chi connectivity index (χ0v) is 13.6. The van der Waals surface area contributed by atoms with Crippen molar-refractivity contribution in [3.63, 3.8) is 0 Å². The summed E-state index contributed by atoms with van der Waals surface area (Å²) < 4.78 is 5.72. The molecule has 21 heavy (non-hydrogen) atoms. The van der Waals surface area contributed by atoms with Gasteiger partial charge < -0.3 is 10.1 Å². The van der Waals surface area contributed by atoms with E-state index in [0.29, 0.717) is 5.17 Å². The molecule has 5 heteroatoms. The van der Waals surface area contributed by atoms with Crippen LogP contribution in [-0.4, -0.2) is 5.17 Å². The number of ether oxygens (including phenoxy) is 1. The predicted octanol–water partition coefficient (Wildman–Crippen LogP) is 4.56. The van der Waals surface area contributed by atoms with Crippen LogP contribution < -0.4 is 5.32 Å². The zero-order chi connectivity index (χ0) is 15.2. The fourth-order valence-electron chi connectivity index (χ4n) is 2.54. The highest BCUT2D eigenvalue weighted by atomic mass is 32.1. The molecule has 2 heterocycles. The van der Waals surface area contributed by atoms with Crippen LogP contribution in [0.25, 0.3) is 10.4 Å². The largest absolute Gasteiger partial charge is 0.460 e. The molecule has 0 unspecified atom stereocenters. The van der Waals surface area contributed by atoms with Crippen LogP contribution in [0.5, 0.6) is 0 Å². The third-order valence-electron chi connectivity index (χ3n) is 3.54. The number of rotatable bonds is 1. The number of nitriles is 1. The topological polar surface area (TPSA) is 45.0 Å². The minimum atomic E-state index is -0.461. The molecule has 0 spiro atoms. The Kier molecular flexibility index (Phi) is 3.23. The zero-order valence-electron chi connectivity index (χ0n) is 12.0. The van der Waals surface area contributed by atoms with Gasteiger partial charge in [0.2, 0.25) is 0 Å². The first kappa shape index (κ1) is 14.1. The van der Waals surface area contributed by atoms with E-state index >= 15 is 0 Å². The van der Waals surface area contributed by atoms with Crippen molar-refractivity contribution in [2.45, 2.75) is 26.4 Å². The van der Waals surface area contributed by atoms with Crippen LogP contribution in [0.3, 0.4) is 0 Å². The Morgan fingerprint density at radius 3 is 2.76 bits per heavy atom. The maximum atomic E-state index is 9.04. The molecule has 1 aromatic heterocycles. The van der Waals surface area contributed by atoms with Gasteiger partial charge in [0.1, 0.15) is 16.5 Å². The second-order valence-corrected chi connectivity index (χ2v) is 6.94. The lowest BCUT2D eigenvalue weighted by Gasteiger charge is -2.34. The number of thiocarbonyl (C=S) groups is 1. The van der Waals surface area contributed by atoms with Crippen LogP contribution in [0.15, 0.2) is 24.3 Å². The molecular formula is C16H14N2OS2. The third kappa shape index (κ3) is 2.41. The van der Waals surface area contributed by atoms with E-state index < -0.39 is 5.60 Å². The van der Waals surface area contributed by atoms with Gasteiger partial charge in [-0.05, 0) is 62.3 Å². The first-order valence-corrected chi connectivity index (χ1v) is 7.78. The molecule has 0 fully saturated rings. The highest BCUT2D eigenvalue weighted by Gasteiger charge is 2.32. The van der Waals surface area contributed by atoms with Crippen molar-refractivity contribution in [1.29, 1.82) is 5.26 Å². The molecule has 1 N–H and O–H groups in total. The highest BCUT2D eigenvalue weighted by molar-refractivity contribution is 7.80. The summed E-state index contributed by atoms with van der Waals surface area (Å²) in [5.74, 6) is 0. The molecule has 3 nitrogen and oxygen atoms in total. The summed E-state index contributed by atoms with van der Waals surface area (Å²) in [7, 11) is 0. The molecule has 1 aliphatic heterocycles. The third-order valence-corrected chi connectivity index (χ3v) is 4.92. The number of nitrogens with one attached hydrogen (secondary N) is 1. The van der Waals surface area contributed by atoms with Gasteiger partial charge in [0.25, 0.3) is 5.17 Å². The SMILES string of the molecule is Cc1cc(C#N)sc1-c1ccc2c(c1)C(C)(C)OC(=S)N2. The Morgan fingerprint density at radius 2 is 2.10 bits per heavy atom. The summed E-state index contributed by atoms with van der Waals surface area (Å²) in [4.78, 5) is 1.85. The standard InChI is InChI=1S/C16H14N2OS2/c1-9-6-11(8-17)21-14(9)10-4-5-13-12(7-10)16(2,3)19-15(20)18-13/h4-7H,1-3H3,(H,18,20). The minimum absolute atomic E-state index is 0.402. The minimum Gasteiger partial charge on any atom is -0.460 e. The summed E-state index contributed by atoms with van der Waals surface area (Å²) >= 11 is 6.65. The molecule has 0 atom stereocenters. The van der Waals surface area contributed by atoms with E-state index in [-0.39, 0.29) is 0 Å². The fourth-order valence-corrected chi connectivity index (χ4v) is 3.82. The van der Waals surface area contributed by atoms with E-state index in [2.05, 4.69) is 23.5 Å². The first-order chi connectivity index (χ1) is 9.90. The highest BCUT2D eigenvalue weighted by Crippen LogP contribution is 2.40. The van der Waals surface area contributed by atoms with E-state index in [4.69, 9.17) is 22.2 Å². The molecule has 106 valence electrons. The molecule has 0 saturated heterocycles. The van der Waals surface area contributed by atoms with Crippen LogP contribution in [0.2, 0.25) is 0 Å². The Labute approximate surface area is 133 Å². The Morgan fingerprint density at radius 1 is 1.33 bits per heavy atom. The van der Waals surface area contributed by atoms with Gasteiger partial charge in [-0.25, -0.2) is 0 Å². The number of thiophene rings is 1. The van der Waals surface area contributed by atoms with Crippen molar-refractivity contribution < 1.29 is 4.74 Å². The lowest BCUT2D eigenvalue weighted by atomic mass is 9.92. The number of hydrogen-bond donors (Lipinski definition) is 1. The van der Waals surface area contributed by atoms with Crippen LogP contribution in [-0.2, 0) is 10.3 Å². The quantitative estimate of drug-likeness (QED) is 0.784. The van der Waals surface area contributed by atoms with E-state index in [1.165, 1.54) is 11.3 Å². The van der Waals surface area contributed by atoms with Crippen molar-refractivity contribution in [2.75, 3.05) is 5.32 Å². The maximum Gasteiger partial charge on any atom is 0.262 e. The van der Waals surface area contributed by atoms with Gasteiger partial charge in [-0.1, -0.05) is 6.07 Å². The van der Waals surface area contributed by atoms with Crippen molar-refractivity contribution in [3.8, 4) is 16.5 Å². The Hall–Kier alpha value is -1.90. The normalized spacial score (nSPS) is 15.6. The molecule has 0 saturated carbocycles. The number of aryl methyl sites for hydroxylation is 1. The Bertz CT molecular complexity index is 784. The molecule has 1 aromatic carbocycles. The molecule has 0 amide bonds. The van der Waals surface area contributed by atoms with Crippen LogP contribution in [0, 0.1) is 18.3 Å². The molecule has 0 bridgehead atoms. The molecular weight excluding hydrogens is 300 g/mol. The molecule has 3 rings (SSSR count). The molecule has 2 aromatic rings. The average Bonchev–Trinajstić information content (AvgIpc) is 2.79. The summed E-state index contributed by atoms with van der Waals surface area (Å²) in [6.07, 6.45) is 0. The summed E-state index contributed by atoms with van der Waals surface area (Å²) in [5, 5.41) is 12.5. The van der Waals surface area contributed by atoms with E-state index in [9.17, 15) is 0 Å². The number of nitrogens with zero attached hydrogens (tertiary/aromatic N) is 1. The van der Waals surface area contributed by atoms with Gasteiger partial charge in [0.15, 0.2) is 0 Å². The second-order valence-electron chi connectivity index (χ2n) is 5.52. The monoisotopic (exact) mass is 314 g/mol. The lowest BCUT2D eigenvalue weighted by molar-refractivity contribution is 0.0947. The summed E-state index contributed by atoms with van der Waals surface area (Å²) in [5.41, 5.74) is 3.81. The fraction of sp³-hybridized carbons (Fsp3) is 0.250. The summed E-state index contributed by atoms with van der Waals surface area (Å²) in [6, 6.07) is 10.3. The summed E-state index contributed by atoms with van der Waals surface area (Å²) in [6.45, 7) is 6.04. The van der Waals surface area contributed by atoms with Crippen LogP contribution in [0.1, 0.15) is 29.9 Å². The van der Waals surface area contributed by atoms with Crippen molar-refractivity contribution >= 4 is 34.4 Å². The van der Waals surface area contributed by atoms with Crippen LogP contribution >= 0.6 is 23.6 Å².